The second-order valence-corrected chi connectivity index (χ2v) is 10.6. The number of ether oxygens (including phenoxy) is 4. The Labute approximate surface area is 286 Å². The van der Waals surface area contributed by atoms with Crippen LogP contribution in [0, 0.1) is 22.7 Å². The van der Waals surface area contributed by atoms with Crippen molar-refractivity contribution in [2.24, 2.45) is 0 Å². The molecule has 0 aliphatic rings. The zero-order valence-electron chi connectivity index (χ0n) is 27.7. The van der Waals surface area contributed by atoms with Gasteiger partial charge >= 0.3 is 23.9 Å². The third-order valence-corrected chi connectivity index (χ3v) is 6.43. The maximum Gasteiger partial charge on any atom is 0.349 e. The van der Waals surface area contributed by atoms with Gasteiger partial charge in [0.25, 0.3) is 0 Å². The fourth-order valence-corrected chi connectivity index (χ4v) is 3.83. The van der Waals surface area contributed by atoms with E-state index in [0.29, 0.717) is 11.1 Å². The van der Waals surface area contributed by atoms with Crippen molar-refractivity contribution < 1.29 is 38.1 Å². The normalized spacial score (nSPS) is 10.9. The molecular weight excluding hydrogens is 628 g/mol. The van der Waals surface area contributed by atoms with Crippen LogP contribution in [0.25, 0.3) is 12.2 Å². The van der Waals surface area contributed by atoms with E-state index in [1.807, 2.05) is 36.4 Å². The number of rotatable bonds is 20. The number of hydrogen-bond donors (Lipinski definition) is 2. The summed E-state index contributed by atoms with van der Waals surface area (Å²) in [7, 11) is 0. The Balaban J connectivity index is 1.67. The van der Waals surface area contributed by atoms with Gasteiger partial charge in [-0.15, -0.1) is 0 Å². The van der Waals surface area contributed by atoms with Crippen LogP contribution in [-0.4, -0.2) is 63.4 Å². The molecule has 2 N–H and O–H groups in total. The van der Waals surface area contributed by atoms with Gasteiger partial charge in [0, 0.05) is 35.6 Å². The largest absolute Gasteiger partial charge is 0.459 e. The molecule has 0 saturated heterocycles. The minimum Gasteiger partial charge on any atom is -0.459 e. The molecule has 0 amide bonds. The van der Waals surface area contributed by atoms with Gasteiger partial charge in [-0.2, -0.15) is 10.5 Å². The summed E-state index contributed by atoms with van der Waals surface area (Å²) >= 11 is 0. The number of benzene rings is 2. The lowest BCUT2D eigenvalue weighted by molar-refractivity contribution is -0.147. The molecule has 0 heterocycles. The molecule has 0 spiro atoms. The molecule has 0 atom stereocenters. The molecule has 2 aromatic rings. The molecule has 0 aromatic heterocycles. The second-order valence-electron chi connectivity index (χ2n) is 10.6. The van der Waals surface area contributed by atoms with E-state index in [4.69, 9.17) is 18.9 Å². The summed E-state index contributed by atoms with van der Waals surface area (Å²) in [4.78, 5) is 47.1. The van der Waals surface area contributed by atoms with Gasteiger partial charge in [-0.1, -0.05) is 37.4 Å². The molecule has 49 heavy (non-hydrogen) atoms. The summed E-state index contributed by atoms with van der Waals surface area (Å²) in [5.74, 6) is -2.77. The summed E-state index contributed by atoms with van der Waals surface area (Å²) < 4.78 is 19.7. The lowest BCUT2D eigenvalue weighted by atomic mass is 10.1. The van der Waals surface area contributed by atoms with Gasteiger partial charge in [0.05, 0.1) is 0 Å². The summed E-state index contributed by atoms with van der Waals surface area (Å²) in [5, 5.41) is 25.4. The van der Waals surface area contributed by atoms with Gasteiger partial charge in [-0.3, -0.25) is 0 Å². The van der Waals surface area contributed by atoms with E-state index in [-0.39, 0.29) is 48.7 Å². The van der Waals surface area contributed by atoms with Crippen molar-refractivity contribution >= 4 is 47.4 Å². The van der Waals surface area contributed by atoms with Crippen molar-refractivity contribution in [2.45, 2.75) is 33.1 Å². The van der Waals surface area contributed by atoms with Gasteiger partial charge in [-0.05, 0) is 80.7 Å². The number of nitrogens with one attached hydrogen (secondary N) is 2. The first-order chi connectivity index (χ1) is 23.5. The number of nitrogens with zero attached hydrogens (tertiary/aromatic N) is 2. The molecule has 0 radical (unpaired) electrons. The molecule has 2 aromatic carbocycles. The summed E-state index contributed by atoms with van der Waals surface area (Å²) in [5.41, 5.74) is 3.26. The number of esters is 4. The lowest BCUT2D eigenvalue weighted by Crippen LogP contribution is -2.15. The average Bonchev–Trinajstić information content (AvgIpc) is 3.09. The highest BCUT2D eigenvalue weighted by atomic mass is 16.6. The Morgan fingerprint density at radius 2 is 0.918 bits per heavy atom. The zero-order valence-corrected chi connectivity index (χ0v) is 27.7. The first-order valence-electron chi connectivity index (χ1n) is 15.4. The van der Waals surface area contributed by atoms with E-state index in [1.165, 1.54) is 26.0 Å². The van der Waals surface area contributed by atoms with Crippen molar-refractivity contribution in [3.8, 4) is 12.1 Å². The molecule has 0 bridgehead atoms. The number of carbonyl (C=O) groups excluding carboxylic acids is 4. The quantitative estimate of drug-likeness (QED) is 0.0595. The number of hydrogen-bond acceptors (Lipinski definition) is 12. The highest BCUT2D eigenvalue weighted by Gasteiger charge is 2.13. The van der Waals surface area contributed by atoms with Crippen LogP contribution in [-0.2, 0) is 38.1 Å². The fourth-order valence-electron chi connectivity index (χ4n) is 3.83. The Morgan fingerprint density at radius 1 is 0.592 bits per heavy atom. The van der Waals surface area contributed by atoms with Crippen LogP contribution in [0.5, 0.6) is 0 Å². The summed E-state index contributed by atoms with van der Waals surface area (Å²) in [6.45, 7) is 10.9. The molecule has 0 saturated carbocycles. The van der Waals surface area contributed by atoms with E-state index in [9.17, 15) is 29.7 Å². The standard InChI is InChI=1S/C37H40N4O8/c1-26(2)34(42)46-18-20-48-36(44)30(24-38)22-28-8-12-32(13-9-28)40-16-6-5-7-17-41-33-14-10-29(11-15-33)23-31(25-39)37(45)49-21-19-47-35(43)27(3)4/h8-15,22-23,40-41H,1,3,5-7,16-21H2,2,4H3/b30-22+,31-23+. The smallest absolute Gasteiger partial charge is 0.349 e. The summed E-state index contributed by atoms with van der Waals surface area (Å²) in [6.07, 6.45) is 5.74. The SMILES string of the molecule is C=C(C)C(=O)OCCOC(=O)/C(C#N)=C/c1ccc(NCCCCCNc2ccc(/C=C(\C#N)C(=O)OCCOC(=O)C(=C)C)cc2)cc1. The maximum atomic E-state index is 12.2. The third kappa shape index (κ3) is 15.3. The van der Waals surface area contributed by atoms with E-state index in [1.54, 1.807) is 24.3 Å². The summed E-state index contributed by atoms with van der Waals surface area (Å²) in [6, 6.07) is 18.2. The topological polar surface area (TPSA) is 177 Å². The van der Waals surface area contributed by atoms with Crippen molar-refractivity contribution in [3.05, 3.63) is 95.1 Å². The van der Waals surface area contributed by atoms with E-state index < -0.39 is 23.9 Å². The average molecular weight is 669 g/mol. The number of carbonyl (C=O) groups is 4. The molecule has 2 rings (SSSR count). The molecule has 12 heteroatoms. The van der Waals surface area contributed by atoms with Crippen LogP contribution >= 0.6 is 0 Å². The monoisotopic (exact) mass is 668 g/mol. The molecule has 0 fully saturated rings. The Morgan fingerprint density at radius 3 is 1.22 bits per heavy atom. The molecule has 0 aliphatic carbocycles. The predicted octanol–water partition coefficient (Wildman–Crippen LogP) is 5.52. The Bertz CT molecular complexity index is 1510. The zero-order chi connectivity index (χ0) is 36.0. The van der Waals surface area contributed by atoms with Gasteiger partial charge < -0.3 is 29.6 Å². The molecule has 0 unspecified atom stereocenters. The van der Waals surface area contributed by atoms with Gasteiger partial charge in [-0.25, -0.2) is 19.2 Å². The Hall–Kier alpha value is -6.14. The van der Waals surface area contributed by atoms with Crippen LogP contribution in [0.15, 0.2) is 84.0 Å². The van der Waals surface area contributed by atoms with Crippen molar-refractivity contribution in [3.63, 3.8) is 0 Å². The third-order valence-electron chi connectivity index (χ3n) is 6.43. The minimum absolute atomic E-state index is 0.130. The first-order valence-corrected chi connectivity index (χ1v) is 15.4. The number of unbranched alkanes of at least 4 members (excludes halogenated alkanes) is 2. The van der Waals surface area contributed by atoms with Crippen LogP contribution in [0.4, 0.5) is 11.4 Å². The predicted molar refractivity (Wildman–Crippen MR) is 184 cm³/mol. The van der Waals surface area contributed by atoms with Crippen LogP contribution in [0.3, 0.4) is 0 Å². The number of anilines is 2. The fraction of sp³-hybridized carbons (Fsp3) is 0.297. The second kappa shape index (κ2) is 21.6. The van der Waals surface area contributed by atoms with E-state index in [0.717, 1.165) is 43.7 Å². The van der Waals surface area contributed by atoms with Crippen molar-refractivity contribution in [2.75, 3.05) is 50.2 Å². The number of nitriles is 2. The maximum absolute atomic E-state index is 12.2. The van der Waals surface area contributed by atoms with Crippen LogP contribution in [0.2, 0.25) is 0 Å². The van der Waals surface area contributed by atoms with Gasteiger partial charge in [0.2, 0.25) is 0 Å². The Kier molecular flexibility index (Phi) is 17.2. The van der Waals surface area contributed by atoms with E-state index in [2.05, 4.69) is 23.8 Å². The molecule has 256 valence electrons. The lowest BCUT2D eigenvalue weighted by Gasteiger charge is -2.09. The molecular formula is C37H40N4O8. The van der Waals surface area contributed by atoms with Crippen LogP contribution < -0.4 is 10.6 Å². The highest BCUT2D eigenvalue weighted by molar-refractivity contribution is 5.98. The first kappa shape index (κ1) is 39.0. The highest BCUT2D eigenvalue weighted by Crippen LogP contribution is 2.15. The van der Waals surface area contributed by atoms with E-state index >= 15 is 0 Å². The van der Waals surface area contributed by atoms with Crippen molar-refractivity contribution in [1.29, 1.82) is 10.5 Å². The van der Waals surface area contributed by atoms with Crippen LogP contribution in [0.1, 0.15) is 44.2 Å². The minimum atomic E-state index is -0.803. The molecule has 0 aliphatic heterocycles. The van der Waals surface area contributed by atoms with Crippen molar-refractivity contribution in [1.82, 2.24) is 0 Å². The molecule has 12 nitrogen and oxygen atoms in total. The van der Waals surface area contributed by atoms with Gasteiger partial charge in [0.1, 0.15) is 49.7 Å². The van der Waals surface area contributed by atoms with Gasteiger partial charge in [0.15, 0.2) is 0 Å².